The molecule has 0 aromatic heterocycles. The molecule has 0 aliphatic carbocycles. The Bertz CT molecular complexity index is 196. The predicted octanol–water partition coefficient (Wildman–Crippen LogP) is -8.99. The van der Waals surface area contributed by atoms with Gasteiger partial charge in [0.1, 0.15) is 0 Å². The molecule has 0 aliphatic heterocycles. The third-order valence-electron chi connectivity index (χ3n) is 2.14. The first-order chi connectivity index (χ1) is 11.8. The van der Waals surface area contributed by atoms with Crippen LogP contribution in [-0.2, 0) is 17.1 Å². The molecule has 0 atom stereocenters. The fraction of sp³-hybridized carbons (Fsp3) is 1.00. The molecular weight excluding hydrogens is 427 g/mol. The van der Waals surface area contributed by atoms with E-state index in [4.69, 9.17) is 39.1 Å². The van der Waals surface area contributed by atoms with Gasteiger partial charge in [0, 0.05) is 39.3 Å². The first kappa shape index (κ1) is 33.9. The van der Waals surface area contributed by atoms with Crippen molar-refractivity contribution in [3.63, 3.8) is 0 Å². The Morgan fingerprint density at radius 2 is 0.808 bits per heavy atom. The SMILES string of the molecule is OCCNCCNCC[OH2+].OCCNCCNCC[OH2+].[Cu+2].[O-][Cl+3]([O-])([O-])[O-]. The van der Waals surface area contributed by atoms with Crippen LogP contribution in [0.25, 0.3) is 0 Å². The minimum absolute atomic E-state index is 0. The summed E-state index contributed by atoms with van der Waals surface area (Å²) in [4.78, 5) is 0. The maximum atomic E-state index is 8.49. The number of rotatable bonds is 14. The summed E-state index contributed by atoms with van der Waals surface area (Å²) in [6.45, 7) is 7.53. The number of halogens is 1. The van der Waals surface area contributed by atoms with Crippen molar-refractivity contribution in [1.82, 2.24) is 21.3 Å². The van der Waals surface area contributed by atoms with Gasteiger partial charge in [0.15, 0.2) is 13.2 Å². The zero-order chi connectivity index (χ0) is 19.8. The smallest absolute Gasteiger partial charge is 0.444 e. The van der Waals surface area contributed by atoms with Crippen LogP contribution in [0.2, 0.25) is 0 Å². The molecule has 0 unspecified atom stereocenters. The quantitative estimate of drug-likeness (QED) is 0.0813. The van der Waals surface area contributed by atoms with Crippen LogP contribution in [0.15, 0.2) is 0 Å². The maximum Gasteiger partial charge on any atom is 2.00 e. The van der Waals surface area contributed by atoms with Gasteiger partial charge >= 0.3 is 17.1 Å². The van der Waals surface area contributed by atoms with Crippen molar-refractivity contribution in [2.24, 2.45) is 0 Å². The van der Waals surface area contributed by atoms with Crippen LogP contribution in [-0.4, -0.2) is 99.2 Å². The van der Waals surface area contributed by atoms with Crippen LogP contribution in [0, 0.1) is 10.2 Å². The summed E-state index contributed by atoms with van der Waals surface area (Å²) in [5.74, 6) is 0. The fourth-order valence-electron chi connectivity index (χ4n) is 1.19. The molecule has 10 N–H and O–H groups in total. The van der Waals surface area contributed by atoms with Crippen molar-refractivity contribution in [2.45, 2.75) is 0 Å². The molecule has 0 rings (SSSR count). The number of nitrogens with one attached hydrogen (secondary N) is 4. The first-order valence-corrected chi connectivity index (χ1v) is 9.02. The van der Waals surface area contributed by atoms with Gasteiger partial charge in [-0.2, -0.15) is 0 Å². The number of aliphatic hydroxyl groups is 2. The van der Waals surface area contributed by atoms with Gasteiger partial charge in [-0.1, -0.05) is 0 Å². The van der Waals surface area contributed by atoms with Crippen LogP contribution in [0.3, 0.4) is 0 Å². The average molecular weight is 461 g/mol. The Labute approximate surface area is 166 Å². The van der Waals surface area contributed by atoms with Crippen LogP contribution in [0.4, 0.5) is 0 Å². The van der Waals surface area contributed by atoms with Crippen molar-refractivity contribution in [3.8, 4) is 0 Å². The van der Waals surface area contributed by atoms with Crippen molar-refractivity contribution in [1.29, 1.82) is 0 Å². The topological polar surface area (TPSA) is 227 Å². The van der Waals surface area contributed by atoms with Gasteiger partial charge in [0.05, 0.1) is 26.3 Å². The van der Waals surface area contributed by atoms with Crippen LogP contribution in [0.5, 0.6) is 0 Å². The van der Waals surface area contributed by atoms with Crippen molar-refractivity contribution < 1.29 is 66.4 Å². The summed E-state index contributed by atoms with van der Waals surface area (Å²) in [7, 11) is -4.94. The van der Waals surface area contributed by atoms with E-state index in [1.807, 2.05) is 0 Å². The molecule has 0 aromatic rings. The molecule has 0 fully saturated rings. The van der Waals surface area contributed by atoms with E-state index in [-0.39, 0.29) is 30.3 Å². The molecule has 12 nitrogen and oxygen atoms in total. The summed E-state index contributed by atoms with van der Waals surface area (Å²) in [6, 6.07) is 0. The van der Waals surface area contributed by atoms with E-state index in [1.54, 1.807) is 0 Å². The molecule has 0 spiro atoms. The fourth-order valence-corrected chi connectivity index (χ4v) is 1.19. The van der Waals surface area contributed by atoms with Crippen molar-refractivity contribution in [2.75, 3.05) is 78.8 Å². The Morgan fingerprint density at radius 3 is 1.00 bits per heavy atom. The second-order valence-corrected chi connectivity index (χ2v) is 5.08. The van der Waals surface area contributed by atoms with Crippen LogP contribution >= 0.6 is 0 Å². The minimum atomic E-state index is -4.94. The second kappa shape index (κ2) is 30.1. The van der Waals surface area contributed by atoms with Gasteiger partial charge in [-0.15, -0.1) is 10.2 Å². The number of hydrogen-bond donors (Lipinski definition) is 6. The van der Waals surface area contributed by atoms with E-state index in [9.17, 15) is 0 Å². The van der Waals surface area contributed by atoms with Gasteiger partial charge in [-0.3, -0.25) is 0 Å². The zero-order valence-electron chi connectivity index (χ0n) is 14.7. The largest absolute Gasteiger partial charge is 2.00 e. The predicted molar refractivity (Wildman–Crippen MR) is 82.6 cm³/mol. The summed E-state index contributed by atoms with van der Waals surface area (Å²) in [5.41, 5.74) is 0. The molecule has 0 aliphatic rings. The van der Waals surface area contributed by atoms with Crippen molar-refractivity contribution >= 4 is 0 Å². The monoisotopic (exact) mass is 460 g/mol. The van der Waals surface area contributed by atoms with E-state index < -0.39 is 10.2 Å². The molecule has 14 heteroatoms. The van der Waals surface area contributed by atoms with Gasteiger partial charge < -0.3 is 41.7 Å². The normalized spacial score (nSPS) is 10.2. The molecule has 0 aromatic carbocycles. The summed E-state index contributed by atoms with van der Waals surface area (Å²) >= 11 is 0. The average Bonchev–Trinajstić information content (AvgIpc) is 2.53. The Balaban J connectivity index is -0.000000145. The minimum Gasteiger partial charge on any atom is -0.444 e. The molecule has 0 saturated carbocycles. The Kier molecular flexibility index (Phi) is 39.2. The molecule has 0 bridgehead atoms. The summed E-state index contributed by atoms with van der Waals surface area (Å²) in [5, 5.41) is 42.5. The standard InChI is InChI=1S/2C6H16N2O2.ClHO4.Cu/c2*9-5-3-7-1-2-8-4-6-10;2-1(3,4)5;/h2*7-10H,1-6H2;(H,2,3,4,5);/q;;;+2/p+1. The summed E-state index contributed by atoms with van der Waals surface area (Å²) in [6.07, 6.45) is 0. The molecule has 26 heavy (non-hydrogen) atoms. The third-order valence-corrected chi connectivity index (χ3v) is 2.14. The number of aliphatic hydroxyl groups excluding tert-OH is 2. The molecule has 1 radical (unpaired) electrons. The van der Waals surface area contributed by atoms with Crippen LogP contribution < -0.4 is 39.9 Å². The zero-order valence-corrected chi connectivity index (χ0v) is 16.4. The van der Waals surface area contributed by atoms with E-state index in [1.165, 1.54) is 0 Å². The van der Waals surface area contributed by atoms with Gasteiger partial charge in [-0.05, 0) is 0 Å². The summed E-state index contributed by atoms with van der Waals surface area (Å²) < 4.78 is 34.0. The molecule has 165 valence electrons. The van der Waals surface area contributed by atoms with Crippen LogP contribution in [0.1, 0.15) is 0 Å². The maximum absolute atomic E-state index is 8.49. The van der Waals surface area contributed by atoms with Crippen molar-refractivity contribution in [3.05, 3.63) is 0 Å². The van der Waals surface area contributed by atoms with E-state index >= 15 is 0 Å². The van der Waals surface area contributed by atoms with E-state index in [2.05, 4.69) is 21.3 Å². The van der Waals surface area contributed by atoms with Gasteiger partial charge in [-0.25, -0.2) is 18.6 Å². The molecule has 0 saturated heterocycles. The Hall–Kier alpha value is 0.329. The molecule has 0 amide bonds. The second-order valence-electron chi connectivity index (χ2n) is 4.33. The third kappa shape index (κ3) is 64.5. The Morgan fingerprint density at radius 1 is 0.577 bits per heavy atom. The van der Waals surface area contributed by atoms with E-state index in [0.29, 0.717) is 26.3 Å². The number of hydrogen-bond acceptors (Lipinski definition) is 10. The first-order valence-electron chi connectivity index (χ1n) is 7.79. The molecular formula is C12H34ClCuN4O8+3. The van der Waals surface area contributed by atoms with E-state index in [0.717, 1.165) is 39.3 Å². The molecule has 0 heterocycles. The van der Waals surface area contributed by atoms with Gasteiger partial charge in [0.25, 0.3) is 0 Å². The van der Waals surface area contributed by atoms with Gasteiger partial charge in [0.2, 0.25) is 0 Å².